The Balaban J connectivity index is 2.04. The molecule has 0 aromatic rings. The second kappa shape index (κ2) is 22.2. The van der Waals surface area contributed by atoms with Crippen LogP contribution in [0, 0.1) is 5.41 Å². The van der Waals surface area contributed by atoms with E-state index in [0.717, 1.165) is 12.8 Å². The SMILES string of the molecule is CCCCCCCCSCCCCC1=CC=C(O)C(C)(CCCCSCCCCCCCC)C1. The van der Waals surface area contributed by atoms with Gasteiger partial charge < -0.3 is 5.11 Å². The summed E-state index contributed by atoms with van der Waals surface area (Å²) in [4.78, 5) is 0. The molecule has 1 nitrogen and oxygen atoms in total. The Morgan fingerprint density at radius 3 is 1.68 bits per heavy atom. The van der Waals surface area contributed by atoms with Crippen molar-refractivity contribution in [2.24, 2.45) is 5.41 Å². The summed E-state index contributed by atoms with van der Waals surface area (Å²) in [5.41, 5.74) is 1.53. The van der Waals surface area contributed by atoms with Crippen LogP contribution in [0.25, 0.3) is 0 Å². The van der Waals surface area contributed by atoms with Crippen molar-refractivity contribution in [3.63, 3.8) is 0 Å². The smallest absolute Gasteiger partial charge is 0.0984 e. The van der Waals surface area contributed by atoms with E-state index in [4.69, 9.17) is 0 Å². The minimum atomic E-state index is -0.0272. The minimum Gasteiger partial charge on any atom is -0.512 e. The first-order valence-corrected chi connectivity index (χ1v) is 17.2. The second-order valence-electron chi connectivity index (χ2n) is 10.8. The van der Waals surface area contributed by atoms with Crippen molar-refractivity contribution in [1.82, 2.24) is 0 Å². The van der Waals surface area contributed by atoms with Crippen molar-refractivity contribution in [2.45, 2.75) is 143 Å². The summed E-state index contributed by atoms with van der Waals surface area (Å²) in [7, 11) is 0. The van der Waals surface area contributed by atoms with E-state index in [1.54, 1.807) is 5.57 Å². The second-order valence-corrected chi connectivity index (χ2v) is 13.2. The van der Waals surface area contributed by atoms with Crippen molar-refractivity contribution < 1.29 is 5.11 Å². The van der Waals surface area contributed by atoms with Crippen LogP contribution in [0.2, 0.25) is 0 Å². The van der Waals surface area contributed by atoms with Gasteiger partial charge in [0.05, 0.1) is 5.76 Å². The Labute approximate surface area is 222 Å². The maximum atomic E-state index is 10.6. The summed E-state index contributed by atoms with van der Waals surface area (Å²) in [5.74, 6) is 5.90. The Morgan fingerprint density at radius 1 is 0.647 bits per heavy atom. The van der Waals surface area contributed by atoms with Gasteiger partial charge in [0.1, 0.15) is 0 Å². The van der Waals surface area contributed by atoms with Gasteiger partial charge in [0, 0.05) is 5.41 Å². The molecule has 0 aromatic heterocycles. The highest BCUT2D eigenvalue weighted by molar-refractivity contribution is 7.99. The molecule has 0 saturated heterocycles. The maximum Gasteiger partial charge on any atom is 0.0984 e. The molecule has 1 rings (SSSR count). The lowest BCUT2D eigenvalue weighted by Gasteiger charge is -2.33. The van der Waals surface area contributed by atoms with Crippen LogP contribution in [0.15, 0.2) is 23.5 Å². The van der Waals surface area contributed by atoms with Gasteiger partial charge in [0.25, 0.3) is 0 Å². The van der Waals surface area contributed by atoms with Gasteiger partial charge in [0.15, 0.2) is 0 Å². The number of thioether (sulfide) groups is 2. The van der Waals surface area contributed by atoms with Gasteiger partial charge in [-0.15, -0.1) is 0 Å². The molecule has 1 N–H and O–H groups in total. The number of unbranched alkanes of at least 4 members (excludes halogenated alkanes) is 12. The average molecular weight is 511 g/mol. The fourth-order valence-corrected chi connectivity index (χ4v) is 6.93. The third kappa shape index (κ3) is 16.6. The van der Waals surface area contributed by atoms with Crippen LogP contribution in [-0.2, 0) is 0 Å². The van der Waals surface area contributed by atoms with E-state index in [1.807, 2.05) is 6.08 Å². The predicted molar refractivity (Wildman–Crippen MR) is 161 cm³/mol. The van der Waals surface area contributed by atoms with Crippen LogP contribution in [0.5, 0.6) is 0 Å². The Hall–Kier alpha value is -0.0200. The number of hydrogen-bond acceptors (Lipinski definition) is 3. The van der Waals surface area contributed by atoms with Gasteiger partial charge in [-0.05, 0) is 80.5 Å². The minimum absolute atomic E-state index is 0.0272. The molecule has 0 spiro atoms. The van der Waals surface area contributed by atoms with Gasteiger partial charge in [-0.1, -0.05) is 103 Å². The number of aliphatic hydroxyl groups excluding tert-OH is 1. The lowest BCUT2D eigenvalue weighted by molar-refractivity contribution is 0.212. The van der Waals surface area contributed by atoms with Crippen LogP contribution < -0.4 is 0 Å². The van der Waals surface area contributed by atoms with Crippen molar-refractivity contribution in [1.29, 1.82) is 0 Å². The molecule has 0 aliphatic heterocycles. The predicted octanol–water partition coefficient (Wildman–Crippen LogP) is 11.3. The molecule has 0 fully saturated rings. The summed E-state index contributed by atoms with van der Waals surface area (Å²) in [6.45, 7) is 6.86. The third-order valence-corrected chi connectivity index (χ3v) is 9.61. The number of aliphatic hydroxyl groups is 1. The summed E-state index contributed by atoms with van der Waals surface area (Å²) in [5, 5.41) is 10.6. The highest BCUT2D eigenvalue weighted by Crippen LogP contribution is 2.41. The van der Waals surface area contributed by atoms with E-state index in [0.29, 0.717) is 5.76 Å². The van der Waals surface area contributed by atoms with Gasteiger partial charge in [-0.3, -0.25) is 0 Å². The molecule has 1 atom stereocenters. The quantitative estimate of drug-likeness (QED) is 0.130. The molecular formula is C31H58OS2. The molecule has 1 unspecified atom stereocenters. The van der Waals surface area contributed by atoms with Crippen LogP contribution in [-0.4, -0.2) is 28.1 Å². The molecule has 0 amide bonds. The average Bonchev–Trinajstić information content (AvgIpc) is 2.83. The Kier molecular flexibility index (Phi) is 20.9. The number of hydrogen-bond donors (Lipinski definition) is 1. The molecule has 1 aliphatic rings. The monoisotopic (exact) mass is 510 g/mol. The standard InChI is InChI=1S/C31H58OS2/c1-4-6-8-10-12-16-24-33-26-18-14-20-29-21-22-30(32)31(3,28-29)23-15-19-27-34-25-17-13-11-9-7-5-2/h21-22,32H,4-20,23-28H2,1-3H3. The highest BCUT2D eigenvalue weighted by Gasteiger charge is 2.31. The third-order valence-electron chi connectivity index (χ3n) is 7.30. The fraction of sp³-hybridized carbons (Fsp3) is 0.871. The van der Waals surface area contributed by atoms with E-state index >= 15 is 0 Å². The summed E-state index contributed by atoms with van der Waals surface area (Å²) >= 11 is 4.29. The van der Waals surface area contributed by atoms with Crippen molar-refractivity contribution in [3.05, 3.63) is 23.5 Å². The van der Waals surface area contributed by atoms with Crippen molar-refractivity contribution >= 4 is 23.5 Å². The van der Waals surface area contributed by atoms with Crippen LogP contribution >= 0.6 is 23.5 Å². The van der Waals surface area contributed by atoms with E-state index < -0.39 is 0 Å². The van der Waals surface area contributed by atoms with Crippen LogP contribution in [0.1, 0.15) is 143 Å². The van der Waals surface area contributed by atoms with Gasteiger partial charge in [-0.25, -0.2) is 0 Å². The van der Waals surface area contributed by atoms with E-state index in [-0.39, 0.29) is 5.41 Å². The lowest BCUT2D eigenvalue weighted by atomic mass is 9.74. The van der Waals surface area contributed by atoms with Crippen LogP contribution in [0.4, 0.5) is 0 Å². The molecule has 34 heavy (non-hydrogen) atoms. The Morgan fingerprint density at radius 2 is 1.12 bits per heavy atom. The highest BCUT2D eigenvalue weighted by atomic mass is 32.2. The summed E-state index contributed by atoms with van der Waals surface area (Å²) in [6.07, 6.45) is 29.6. The zero-order valence-corrected chi connectivity index (χ0v) is 24.8. The molecule has 200 valence electrons. The first-order chi connectivity index (χ1) is 16.6. The molecule has 3 heteroatoms. The molecule has 0 saturated carbocycles. The zero-order valence-electron chi connectivity index (χ0n) is 23.2. The maximum absolute atomic E-state index is 10.6. The van der Waals surface area contributed by atoms with Crippen LogP contribution in [0.3, 0.4) is 0 Å². The molecule has 1 aliphatic carbocycles. The molecule has 0 aromatic carbocycles. The van der Waals surface area contributed by atoms with Crippen molar-refractivity contribution in [2.75, 3.05) is 23.0 Å². The van der Waals surface area contributed by atoms with E-state index in [9.17, 15) is 5.11 Å². The topological polar surface area (TPSA) is 20.2 Å². The van der Waals surface area contributed by atoms with Gasteiger partial charge in [0.2, 0.25) is 0 Å². The van der Waals surface area contributed by atoms with E-state index in [1.165, 1.54) is 132 Å². The molecule has 0 heterocycles. The first-order valence-electron chi connectivity index (χ1n) is 14.9. The zero-order chi connectivity index (χ0) is 24.7. The summed E-state index contributed by atoms with van der Waals surface area (Å²) < 4.78 is 0. The fourth-order valence-electron chi connectivity index (χ4n) is 4.89. The molecule has 0 radical (unpaired) electrons. The first kappa shape index (κ1) is 32.0. The van der Waals surface area contributed by atoms with Gasteiger partial charge in [-0.2, -0.15) is 23.5 Å². The largest absolute Gasteiger partial charge is 0.512 e. The molecular weight excluding hydrogens is 452 g/mol. The van der Waals surface area contributed by atoms with E-state index in [2.05, 4.69) is 50.4 Å². The Bertz CT molecular complexity index is 528. The van der Waals surface area contributed by atoms with Gasteiger partial charge >= 0.3 is 0 Å². The van der Waals surface area contributed by atoms with Crippen molar-refractivity contribution in [3.8, 4) is 0 Å². The summed E-state index contributed by atoms with van der Waals surface area (Å²) in [6, 6.07) is 0. The molecule has 0 bridgehead atoms. The normalized spacial score (nSPS) is 18.2. The number of allylic oxidation sites excluding steroid dienone is 4. The number of rotatable bonds is 24. The lowest BCUT2D eigenvalue weighted by Crippen LogP contribution is -2.22.